The molecule has 114 valence electrons. The van der Waals surface area contributed by atoms with E-state index in [1.165, 1.54) is 11.8 Å². The largest absolute Gasteiger partial charge is 0.454 e. The van der Waals surface area contributed by atoms with Gasteiger partial charge in [-0.3, -0.25) is 4.79 Å². The first-order chi connectivity index (χ1) is 11.1. The van der Waals surface area contributed by atoms with Crippen LogP contribution in [0.15, 0.2) is 55.2 Å². The van der Waals surface area contributed by atoms with Gasteiger partial charge >= 0.3 is 0 Å². The highest BCUT2D eigenvalue weighted by Crippen LogP contribution is 2.29. The number of benzene rings is 1. The standard InChI is InChI=1S/C16H10BrN3O2S/c1-23-16-19-14(11(8-18)15(21)20-16)13-7-6-12(22-13)9-2-4-10(17)5-3-9/h2-7H,1H3,(H,19,20,21). The van der Waals surface area contributed by atoms with Crippen LogP contribution in [0.2, 0.25) is 0 Å². The van der Waals surface area contributed by atoms with Crippen molar-refractivity contribution in [2.75, 3.05) is 6.26 Å². The maximum Gasteiger partial charge on any atom is 0.270 e. The highest BCUT2D eigenvalue weighted by molar-refractivity contribution is 9.10. The molecule has 7 heteroatoms. The molecule has 2 heterocycles. The molecule has 0 aliphatic heterocycles. The van der Waals surface area contributed by atoms with Crippen LogP contribution in [-0.4, -0.2) is 16.2 Å². The van der Waals surface area contributed by atoms with Crippen molar-refractivity contribution in [1.29, 1.82) is 5.26 Å². The van der Waals surface area contributed by atoms with Gasteiger partial charge in [0.15, 0.2) is 10.9 Å². The Hall–Kier alpha value is -2.30. The number of hydrogen-bond donors (Lipinski definition) is 1. The van der Waals surface area contributed by atoms with E-state index in [0.29, 0.717) is 16.7 Å². The van der Waals surface area contributed by atoms with E-state index in [1.54, 1.807) is 18.4 Å². The second kappa shape index (κ2) is 6.44. The van der Waals surface area contributed by atoms with Gasteiger partial charge in [-0.05, 0) is 30.5 Å². The lowest BCUT2D eigenvalue weighted by Crippen LogP contribution is -2.14. The molecule has 0 atom stereocenters. The Kier molecular flexibility index (Phi) is 4.37. The summed E-state index contributed by atoms with van der Waals surface area (Å²) in [6.45, 7) is 0. The van der Waals surface area contributed by atoms with Gasteiger partial charge in [0.1, 0.15) is 23.1 Å². The first kappa shape index (κ1) is 15.6. The van der Waals surface area contributed by atoms with E-state index in [2.05, 4.69) is 25.9 Å². The number of nitrogens with one attached hydrogen (secondary N) is 1. The Bertz CT molecular complexity index is 955. The molecule has 3 rings (SSSR count). The number of aromatic amines is 1. The fourth-order valence-corrected chi connectivity index (χ4v) is 2.71. The number of nitriles is 1. The van der Waals surface area contributed by atoms with E-state index in [9.17, 15) is 10.1 Å². The summed E-state index contributed by atoms with van der Waals surface area (Å²) in [5, 5.41) is 9.65. The number of H-pyrrole nitrogens is 1. The van der Waals surface area contributed by atoms with E-state index >= 15 is 0 Å². The second-order valence-corrected chi connectivity index (χ2v) is 6.29. The number of nitrogens with zero attached hydrogens (tertiary/aromatic N) is 2. The van der Waals surface area contributed by atoms with Crippen molar-refractivity contribution in [2.45, 2.75) is 5.16 Å². The fraction of sp³-hybridized carbons (Fsp3) is 0.0625. The van der Waals surface area contributed by atoms with E-state index in [4.69, 9.17) is 4.42 Å². The molecule has 5 nitrogen and oxygen atoms in total. The number of thioether (sulfide) groups is 1. The molecule has 0 spiro atoms. The smallest absolute Gasteiger partial charge is 0.270 e. The summed E-state index contributed by atoms with van der Waals surface area (Å²) in [6, 6.07) is 13.0. The van der Waals surface area contributed by atoms with Crippen molar-refractivity contribution in [3.8, 4) is 28.8 Å². The van der Waals surface area contributed by atoms with E-state index in [-0.39, 0.29) is 11.3 Å². The maximum atomic E-state index is 12.0. The van der Waals surface area contributed by atoms with Crippen LogP contribution >= 0.6 is 27.7 Å². The molecule has 0 amide bonds. The quantitative estimate of drug-likeness (QED) is 0.541. The topological polar surface area (TPSA) is 82.7 Å². The second-order valence-electron chi connectivity index (χ2n) is 4.58. The van der Waals surface area contributed by atoms with Gasteiger partial charge in [-0.2, -0.15) is 5.26 Å². The van der Waals surface area contributed by atoms with Crippen LogP contribution in [0.3, 0.4) is 0 Å². The van der Waals surface area contributed by atoms with Gasteiger partial charge in [-0.15, -0.1) is 0 Å². The first-order valence-corrected chi connectivity index (χ1v) is 8.58. The lowest BCUT2D eigenvalue weighted by atomic mass is 10.2. The number of hydrogen-bond acceptors (Lipinski definition) is 5. The van der Waals surface area contributed by atoms with Crippen molar-refractivity contribution in [2.24, 2.45) is 0 Å². The monoisotopic (exact) mass is 387 g/mol. The molecular formula is C16H10BrN3O2S. The molecule has 0 aliphatic rings. The van der Waals surface area contributed by atoms with Crippen LogP contribution in [0.25, 0.3) is 22.8 Å². The summed E-state index contributed by atoms with van der Waals surface area (Å²) >= 11 is 4.68. The SMILES string of the molecule is CSc1nc(-c2ccc(-c3ccc(Br)cc3)o2)c(C#N)c(=O)[nH]1. The van der Waals surface area contributed by atoms with Gasteiger partial charge in [0.05, 0.1) is 0 Å². The molecule has 3 aromatic rings. The number of halogens is 1. The summed E-state index contributed by atoms with van der Waals surface area (Å²) in [5.41, 5.74) is 0.625. The van der Waals surface area contributed by atoms with E-state index in [1.807, 2.05) is 30.3 Å². The molecule has 0 unspecified atom stereocenters. The van der Waals surface area contributed by atoms with Gasteiger partial charge in [0, 0.05) is 10.0 Å². The van der Waals surface area contributed by atoms with Gasteiger partial charge < -0.3 is 9.40 Å². The third kappa shape index (κ3) is 3.09. The normalized spacial score (nSPS) is 10.5. The highest BCUT2D eigenvalue weighted by Gasteiger charge is 2.16. The lowest BCUT2D eigenvalue weighted by Gasteiger charge is -2.02. The first-order valence-electron chi connectivity index (χ1n) is 6.57. The Morgan fingerprint density at radius 1 is 1.22 bits per heavy atom. The molecule has 0 saturated carbocycles. The highest BCUT2D eigenvalue weighted by atomic mass is 79.9. The molecule has 0 aliphatic carbocycles. The summed E-state index contributed by atoms with van der Waals surface area (Å²) in [4.78, 5) is 18.8. The molecule has 0 saturated heterocycles. The predicted octanol–water partition coefficient (Wildman–Crippen LogP) is 4.05. The van der Waals surface area contributed by atoms with Crippen molar-refractivity contribution in [3.63, 3.8) is 0 Å². The Labute approximate surface area is 144 Å². The molecule has 1 aromatic carbocycles. The number of aromatic nitrogens is 2. The van der Waals surface area contributed by atoms with Gasteiger partial charge in [0.25, 0.3) is 5.56 Å². The van der Waals surface area contributed by atoms with Crippen molar-refractivity contribution >= 4 is 27.7 Å². The summed E-state index contributed by atoms with van der Waals surface area (Å²) in [6.07, 6.45) is 1.80. The molecule has 1 N–H and O–H groups in total. The van der Waals surface area contributed by atoms with Crippen molar-refractivity contribution in [3.05, 3.63) is 56.8 Å². The van der Waals surface area contributed by atoms with Crippen molar-refractivity contribution < 1.29 is 4.42 Å². The number of rotatable bonds is 3. The zero-order chi connectivity index (χ0) is 16.4. The molecule has 0 fully saturated rings. The number of furan rings is 1. The van der Waals surface area contributed by atoms with Gasteiger partial charge in [0.2, 0.25) is 0 Å². The third-order valence-electron chi connectivity index (χ3n) is 3.17. The van der Waals surface area contributed by atoms with Crippen molar-refractivity contribution in [1.82, 2.24) is 9.97 Å². The third-order valence-corrected chi connectivity index (χ3v) is 4.28. The Morgan fingerprint density at radius 3 is 2.57 bits per heavy atom. The van der Waals surface area contributed by atoms with E-state index < -0.39 is 5.56 Å². The van der Waals surface area contributed by atoms with Crippen LogP contribution in [0.5, 0.6) is 0 Å². The van der Waals surface area contributed by atoms with Gasteiger partial charge in [-0.25, -0.2) is 4.98 Å². The predicted molar refractivity (Wildman–Crippen MR) is 92.2 cm³/mol. The molecule has 0 bridgehead atoms. The summed E-state index contributed by atoms with van der Waals surface area (Å²) in [5.74, 6) is 1.03. The van der Waals surface area contributed by atoms with Crippen LogP contribution in [-0.2, 0) is 0 Å². The minimum absolute atomic E-state index is 0.0560. The summed E-state index contributed by atoms with van der Waals surface area (Å²) < 4.78 is 6.77. The zero-order valence-electron chi connectivity index (χ0n) is 12.0. The minimum Gasteiger partial charge on any atom is -0.454 e. The van der Waals surface area contributed by atoms with Crippen LogP contribution in [0.4, 0.5) is 0 Å². The maximum absolute atomic E-state index is 12.0. The van der Waals surface area contributed by atoms with Crippen LogP contribution < -0.4 is 5.56 Å². The minimum atomic E-state index is -0.469. The molecule has 23 heavy (non-hydrogen) atoms. The molecule has 2 aromatic heterocycles. The van der Waals surface area contributed by atoms with Crippen LogP contribution in [0.1, 0.15) is 5.56 Å². The van der Waals surface area contributed by atoms with Crippen LogP contribution in [0, 0.1) is 11.3 Å². The van der Waals surface area contributed by atoms with Gasteiger partial charge in [-0.1, -0.05) is 39.8 Å². The molecule has 0 radical (unpaired) electrons. The van der Waals surface area contributed by atoms with E-state index in [0.717, 1.165) is 10.0 Å². The Balaban J connectivity index is 2.10. The summed E-state index contributed by atoms with van der Waals surface area (Å²) in [7, 11) is 0. The average molecular weight is 388 g/mol. The lowest BCUT2D eigenvalue weighted by molar-refractivity contribution is 0.593. The molecular weight excluding hydrogens is 378 g/mol. The average Bonchev–Trinajstić information content (AvgIpc) is 3.04. The Morgan fingerprint density at radius 2 is 1.91 bits per heavy atom. The fourth-order valence-electron chi connectivity index (χ4n) is 2.07. The zero-order valence-corrected chi connectivity index (χ0v) is 14.4.